The summed E-state index contributed by atoms with van der Waals surface area (Å²) in [6, 6.07) is 18.4. The summed E-state index contributed by atoms with van der Waals surface area (Å²) in [6.45, 7) is 2.83. The molecule has 1 heterocycles. The number of aromatic amines is 1. The molecule has 0 spiro atoms. The number of halogens is 2. The zero-order chi connectivity index (χ0) is 28.9. The molecular formula is C32H40Cl2N3O3+. The van der Waals surface area contributed by atoms with Gasteiger partial charge >= 0.3 is 0 Å². The number of ether oxygens (including phenoxy) is 3. The number of likely N-dealkylation sites (N-methyl/N-ethyl adjacent to an activating group) is 2. The van der Waals surface area contributed by atoms with Crippen LogP contribution in [-0.2, 0) is 6.42 Å². The Morgan fingerprint density at radius 1 is 0.875 bits per heavy atom. The summed E-state index contributed by atoms with van der Waals surface area (Å²) in [7, 11) is 11.6. The fourth-order valence-electron chi connectivity index (χ4n) is 5.23. The molecule has 40 heavy (non-hydrogen) atoms. The molecule has 0 radical (unpaired) electrons. The van der Waals surface area contributed by atoms with Crippen molar-refractivity contribution in [2.24, 2.45) is 0 Å². The third kappa shape index (κ3) is 6.98. The molecule has 0 saturated carbocycles. The highest BCUT2D eigenvalue weighted by atomic mass is 35.5. The molecule has 0 aliphatic carbocycles. The Bertz CT molecular complexity index is 1410. The third-order valence-electron chi connectivity index (χ3n) is 7.74. The average Bonchev–Trinajstić information content (AvgIpc) is 3.38. The molecule has 4 aromatic rings. The number of hydrogen-bond acceptors (Lipinski definition) is 4. The predicted molar refractivity (Wildman–Crippen MR) is 167 cm³/mol. The van der Waals surface area contributed by atoms with Gasteiger partial charge in [0.2, 0.25) is 5.75 Å². The first-order chi connectivity index (χ1) is 19.2. The Kier molecular flexibility index (Phi) is 9.77. The molecule has 0 bridgehead atoms. The van der Waals surface area contributed by atoms with Crippen LogP contribution in [0.4, 0.5) is 5.69 Å². The molecule has 214 valence electrons. The second kappa shape index (κ2) is 13.1. The number of fused-ring (bicyclic) bond motifs is 1. The molecule has 1 aromatic heterocycles. The van der Waals surface area contributed by atoms with Gasteiger partial charge in [0.25, 0.3) is 0 Å². The fraction of sp³-hybridized carbons (Fsp3) is 0.375. The van der Waals surface area contributed by atoms with E-state index in [1.165, 1.54) is 22.0 Å². The number of anilines is 1. The number of para-hydroxylation sites is 1. The topological polar surface area (TPSA) is 46.7 Å². The molecule has 1 atom stereocenters. The number of aromatic nitrogens is 1. The summed E-state index contributed by atoms with van der Waals surface area (Å²) in [5.74, 6) is 2.07. The number of hydrogen-bond donors (Lipinski definition) is 1. The van der Waals surface area contributed by atoms with E-state index in [1.54, 1.807) is 21.3 Å². The zero-order valence-corrected chi connectivity index (χ0v) is 25.8. The van der Waals surface area contributed by atoms with Crippen LogP contribution in [0.15, 0.2) is 60.8 Å². The molecule has 0 aliphatic rings. The molecule has 0 saturated heterocycles. The number of nitrogens with one attached hydrogen (secondary N) is 1. The minimum Gasteiger partial charge on any atom is -0.493 e. The second-order valence-electron chi connectivity index (χ2n) is 10.9. The van der Waals surface area contributed by atoms with Crippen molar-refractivity contribution in [3.8, 4) is 17.2 Å². The lowest BCUT2D eigenvalue weighted by Gasteiger charge is -2.33. The summed E-state index contributed by atoms with van der Waals surface area (Å²) in [6.07, 6.45) is 4.14. The summed E-state index contributed by atoms with van der Waals surface area (Å²) in [4.78, 5) is 5.63. The molecule has 0 amide bonds. The molecule has 1 unspecified atom stereocenters. The molecule has 0 fully saturated rings. The molecular weight excluding hydrogens is 545 g/mol. The van der Waals surface area contributed by atoms with Gasteiger partial charge in [-0.3, -0.25) is 0 Å². The average molecular weight is 586 g/mol. The van der Waals surface area contributed by atoms with Gasteiger partial charge in [-0.1, -0.05) is 47.5 Å². The van der Waals surface area contributed by atoms with Crippen molar-refractivity contribution >= 4 is 39.8 Å². The number of quaternary nitrogens is 1. The zero-order valence-electron chi connectivity index (χ0n) is 24.3. The van der Waals surface area contributed by atoms with Gasteiger partial charge in [-0.25, -0.2) is 0 Å². The molecule has 1 N–H and O–H groups in total. The lowest BCUT2D eigenvalue weighted by Crippen LogP contribution is -2.43. The highest BCUT2D eigenvalue weighted by molar-refractivity contribution is 6.42. The Labute approximate surface area is 247 Å². The summed E-state index contributed by atoms with van der Waals surface area (Å²) in [5, 5.41) is 2.45. The van der Waals surface area contributed by atoms with Crippen LogP contribution in [0.25, 0.3) is 10.9 Å². The van der Waals surface area contributed by atoms with E-state index in [0.29, 0.717) is 27.3 Å². The van der Waals surface area contributed by atoms with E-state index in [2.05, 4.69) is 67.6 Å². The van der Waals surface area contributed by atoms with Crippen molar-refractivity contribution < 1.29 is 18.7 Å². The summed E-state index contributed by atoms with van der Waals surface area (Å²) >= 11 is 12.7. The van der Waals surface area contributed by atoms with E-state index >= 15 is 0 Å². The van der Waals surface area contributed by atoms with Gasteiger partial charge in [0, 0.05) is 67.3 Å². The van der Waals surface area contributed by atoms with Gasteiger partial charge in [-0.05, 0) is 29.3 Å². The lowest BCUT2D eigenvalue weighted by molar-refractivity contribution is -0.890. The Morgan fingerprint density at radius 2 is 1.57 bits per heavy atom. The van der Waals surface area contributed by atoms with Crippen molar-refractivity contribution in [1.29, 1.82) is 0 Å². The van der Waals surface area contributed by atoms with E-state index in [1.807, 2.05) is 24.3 Å². The minimum absolute atomic E-state index is 0.226. The van der Waals surface area contributed by atoms with Crippen LogP contribution in [0, 0.1) is 0 Å². The number of nitrogens with zero attached hydrogens (tertiary/aromatic N) is 2. The molecule has 0 aliphatic heterocycles. The smallest absolute Gasteiger partial charge is 0.203 e. The van der Waals surface area contributed by atoms with Crippen LogP contribution in [-0.4, -0.2) is 71.6 Å². The van der Waals surface area contributed by atoms with Crippen molar-refractivity contribution in [1.82, 2.24) is 4.98 Å². The van der Waals surface area contributed by atoms with Gasteiger partial charge in [-0.2, -0.15) is 0 Å². The van der Waals surface area contributed by atoms with E-state index in [9.17, 15) is 0 Å². The van der Waals surface area contributed by atoms with Gasteiger partial charge < -0.3 is 28.6 Å². The fourth-order valence-corrected chi connectivity index (χ4v) is 5.54. The molecule has 4 rings (SSSR count). The SMILES string of the molecule is COc1cc(N(C)CC(CC[N+](C)(C)CCc2c[nH]c3ccccc23)c2ccc(Cl)c(Cl)c2)cc(OC)c1OC. The predicted octanol–water partition coefficient (Wildman–Crippen LogP) is 7.43. The first-order valence-corrected chi connectivity index (χ1v) is 14.2. The minimum atomic E-state index is 0.226. The highest BCUT2D eigenvalue weighted by Gasteiger charge is 2.24. The Morgan fingerprint density at radius 3 is 2.23 bits per heavy atom. The maximum atomic E-state index is 6.47. The normalized spacial score (nSPS) is 12.4. The van der Waals surface area contributed by atoms with Gasteiger partial charge in [0.1, 0.15) is 0 Å². The molecule has 3 aromatic carbocycles. The van der Waals surface area contributed by atoms with Gasteiger partial charge in [0.05, 0.1) is 58.6 Å². The lowest BCUT2D eigenvalue weighted by atomic mass is 9.94. The largest absolute Gasteiger partial charge is 0.493 e. The van der Waals surface area contributed by atoms with Crippen molar-refractivity contribution in [3.63, 3.8) is 0 Å². The monoisotopic (exact) mass is 584 g/mol. The van der Waals surface area contributed by atoms with Crippen molar-refractivity contribution in [3.05, 3.63) is 82.0 Å². The maximum Gasteiger partial charge on any atom is 0.203 e. The van der Waals surface area contributed by atoms with Crippen LogP contribution < -0.4 is 19.1 Å². The van der Waals surface area contributed by atoms with Gasteiger partial charge in [0.15, 0.2) is 11.5 Å². The highest BCUT2D eigenvalue weighted by Crippen LogP contribution is 2.41. The quantitative estimate of drug-likeness (QED) is 0.166. The van der Waals surface area contributed by atoms with Crippen LogP contribution in [0.2, 0.25) is 10.0 Å². The van der Waals surface area contributed by atoms with Gasteiger partial charge in [-0.15, -0.1) is 0 Å². The standard InChI is InChI=1S/C32H40Cl2N3O3/c1-36(25-18-30(38-4)32(40-6)31(19-25)39-5)21-24(22-11-12-27(33)28(34)17-22)14-16-37(2,3)15-13-23-20-35-29-10-8-7-9-26(23)29/h7-12,17-20,24,35H,13-16,21H2,1-6H3/q+1. The van der Waals surface area contributed by atoms with Crippen LogP contribution >= 0.6 is 23.2 Å². The summed E-state index contributed by atoms with van der Waals surface area (Å²) in [5.41, 5.74) is 4.71. The van der Waals surface area contributed by atoms with Crippen LogP contribution in [0.5, 0.6) is 17.2 Å². The van der Waals surface area contributed by atoms with E-state index in [4.69, 9.17) is 37.4 Å². The second-order valence-corrected chi connectivity index (χ2v) is 11.7. The van der Waals surface area contributed by atoms with Crippen LogP contribution in [0.3, 0.4) is 0 Å². The maximum absolute atomic E-state index is 6.47. The number of rotatable bonds is 13. The molecule has 8 heteroatoms. The van der Waals surface area contributed by atoms with Crippen LogP contribution in [0.1, 0.15) is 23.5 Å². The number of H-pyrrole nitrogens is 1. The number of benzene rings is 3. The Balaban J connectivity index is 1.52. The number of methoxy groups -OCH3 is 3. The third-order valence-corrected chi connectivity index (χ3v) is 8.48. The summed E-state index contributed by atoms with van der Waals surface area (Å²) < 4.78 is 17.6. The van der Waals surface area contributed by atoms with E-state index in [0.717, 1.165) is 42.6 Å². The van der Waals surface area contributed by atoms with E-state index < -0.39 is 0 Å². The van der Waals surface area contributed by atoms with Crippen molar-refractivity contribution in [2.45, 2.75) is 18.8 Å². The Hall–Kier alpha value is -3.06. The first-order valence-electron chi connectivity index (χ1n) is 13.5. The first kappa shape index (κ1) is 29.9. The van der Waals surface area contributed by atoms with E-state index in [-0.39, 0.29) is 5.92 Å². The van der Waals surface area contributed by atoms with Crippen molar-refractivity contribution in [2.75, 3.05) is 67.0 Å². The molecule has 6 nitrogen and oxygen atoms in total.